The van der Waals surface area contributed by atoms with E-state index in [0.29, 0.717) is 17.3 Å². The molecule has 6 nitrogen and oxygen atoms in total. The number of rotatable bonds is 5. The highest BCUT2D eigenvalue weighted by atomic mass is 19.1. The van der Waals surface area contributed by atoms with Gasteiger partial charge in [0.2, 0.25) is 0 Å². The van der Waals surface area contributed by atoms with Crippen molar-refractivity contribution in [2.24, 2.45) is 0 Å². The number of anilines is 3. The molecule has 0 aliphatic carbocycles. The van der Waals surface area contributed by atoms with Crippen LogP contribution >= 0.6 is 0 Å². The van der Waals surface area contributed by atoms with Crippen LogP contribution in [0.5, 0.6) is 0 Å². The largest absolute Gasteiger partial charge is 0.480 e. The molecular formula is C12H11FN4O2. The number of hydrogen-bond acceptors (Lipinski definition) is 5. The van der Waals surface area contributed by atoms with Crippen LogP contribution in [0.25, 0.3) is 0 Å². The first kappa shape index (κ1) is 12.7. The van der Waals surface area contributed by atoms with Gasteiger partial charge >= 0.3 is 5.97 Å². The molecule has 0 bridgehead atoms. The maximum Gasteiger partial charge on any atom is 0.322 e. The molecule has 7 heteroatoms. The second kappa shape index (κ2) is 5.76. The van der Waals surface area contributed by atoms with Gasteiger partial charge in [-0.05, 0) is 24.3 Å². The number of carboxylic acid groups (broad SMARTS) is 1. The Morgan fingerprint density at radius 1 is 1.16 bits per heavy atom. The lowest BCUT2D eigenvalue weighted by atomic mass is 10.3. The SMILES string of the molecule is O=C(O)CNc1cnc(Nc2ccc(F)cc2)cn1. The molecular weight excluding hydrogens is 251 g/mol. The van der Waals surface area contributed by atoms with Crippen molar-refractivity contribution >= 4 is 23.3 Å². The topological polar surface area (TPSA) is 87.1 Å². The maximum absolute atomic E-state index is 12.7. The fraction of sp³-hybridized carbons (Fsp3) is 0.0833. The molecule has 1 aromatic carbocycles. The summed E-state index contributed by atoms with van der Waals surface area (Å²) in [6, 6.07) is 5.82. The minimum absolute atomic E-state index is 0.223. The molecule has 0 atom stereocenters. The fourth-order valence-corrected chi connectivity index (χ4v) is 1.33. The van der Waals surface area contributed by atoms with Crippen molar-refractivity contribution in [1.82, 2.24) is 9.97 Å². The predicted octanol–water partition coefficient (Wildman–Crippen LogP) is 1.86. The first-order chi connectivity index (χ1) is 9.13. The van der Waals surface area contributed by atoms with E-state index in [0.717, 1.165) is 0 Å². The number of aliphatic carboxylic acids is 1. The summed E-state index contributed by atoms with van der Waals surface area (Å²) in [6.07, 6.45) is 2.86. The average molecular weight is 262 g/mol. The Balaban J connectivity index is 1.98. The highest BCUT2D eigenvalue weighted by Crippen LogP contribution is 2.14. The molecule has 1 heterocycles. The van der Waals surface area contributed by atoms with Crippen LogP contribution in [0.15, 0.2) is 36.7 Å². The molecule has 0 saturated carbocycles. The average Bonchev–Trinajstić information content (AvgIpc) is 2.40. The Kier molecular flexibility index (Phi) is 3.87. The zero-order chi connectivity index (χ0) is 13.7. The van der Waals surface area contributed by atoms with Gasteiger partial charge in [0, 0.05) is 5.69 Å². The third-order valence-electron chi connectivity index (χ3n) is 2.19. The van der Waals surface area contributed by atoms with Crippen LogP contribution < -0.4 is 10.6 Å². The summed E-state index contributed by atoms with van der Waals surface area (Å²) in [6.45, 7) is -0.223. The lowest BCUT2D eigenvalue weighted by Gasteiger charge is -2.06. The molecule has 2 rings (SSSR count). The van der Waals surface area contributed by atoms with Gasteiger partial charge in [-0.2, -0.15) is 0 Å². The summed E-state index contributed by atoms with van der Waals surface area (Å²) in [7, 11) is 0. The molecule has 0 radical (unpaired) electrons. The molecule has 0 unspecified atom stereocenters. The lowest BCUT2D eigenvalue weighted by molar-refractivity contribution is -0.134. The van der Waals surface area contributed by atoms with E-state index in [1.54, 1.807) is 12.1 Å². The molecule has 98 valence electrons. The standard InChI is InChI=1S/C12H11FN4O2/c13-8-1-3-9(4-2-8)17-11-6-14-10(5-15-11)16-7-12(18)19/h1-6H,7H2,(H,14,16)(H,15,17)(H,18,19). The van der Waals surface area contributed by atoms with Crippen molar-refractivity contribution in [2.75, 3.05) is 17.2 Å². The van der Waals surface area contributed by atoms with E-state index in [1.807, 2.05) is 0 Å². The van der Waals surface area contributed by atoms with Gasteiger partial charge in [-0.3, -0.25) is 4.79 Å². The summed E-state index contributed by atoms with van der Waals surface area (Å²) in [5, 5.41) is 14.0. The van der Waals surface area contributed by atoms with E-state index >= 15 is 0 Å². The number of nitrogens with zero attached hydrogens (tertiary/aromatic N) is 2. The van der Waals surface area contributed by atoms with Crippen LogP contribution in [0.2, 0.25) is 0 Å². The number of halogens is 1. The van der Waals surface area contributed by atoms with Crippen molar-refractivity contribution in [3.8, 4) is 0 Å². The first-order valence-electron chi connectivity index (χ1n) is 5.44. The molecule has 19 heavy (non-hydrogen) atoms. The molecule has 0 fully saturated rings. The Morgan fingerprint density at radius 3 is 2.37 bits per heavy atom. The number of hydrogen-bond donors (Lipinski definition) is 3. The number of carboxylic acids is 1. The molecule has 0 saturated heterocycles. The Morgan fingerprint density at radius 2 is 1.79 bits per heavy atom. The molecule has 0 aliphatic heterocycles. The minimum Gasteiger partial charge on any atom is -0.480 e. The van der Waals surface area contributed by atoms with Crippen LogP contribution in [0.3, 0.4) is 0 Å². The molecule has 1 aromatic heterocycles. The first-order valence-corrected chi connectivity index (χ1v) is 5.44. The van der Waals surface area contributed by atoms with E-state index in [4.69, 9.17) is 5.11 Å². The van der Waals surface area contributed by atoms with Crippen molar-refractivity contribution in [3.63, 3.8) is 0 Å². The van der Waals surface area contributed by atoms with Gasteiger partial charge in [0.05, 0.1) is 12.4 Å². The van der Waals surface area contributed by atoms with Crippen molar-refractivity contribution in [1.29, 1.82) is 0 Å². The second-order valence-electron chi connectivity index (χ2n) is 3.67. The lowest BCUT2D eigenvalue weighted by Crippen LogP contribution is -2.13. The molecule has 3 N–H and O–H groups in total. The van der Waals surface area contributed by atoms with Crippen molar-refractivity contribution < 1.29 is 14.3 Å². The Labute approximate surface area is 108 Å². The van der Waals surface area contributed by atoms with Gasteiger partial charge in [0.1, 0.15) is 24.0 Å². The van der Waals surface area contributed by atoms with Crippen molar-refractivity contribution in [3.05, 3.63) is 42.5 Å². The smallest absolute Gasteiger partial charge is 0.322 e. The van der Waals surface area contributed by atoms with Gasteiger partial charge in [-0.25, -0.2) is 14.4 Å². The predicted molar refractivity (Wildman–Crippen MR) is 67.8 cm³/mol. The summed E-state index contributed by atoms with van der Waals surface area (Å²) < 4.78 is 12.7. The number of carbonyl (C=O) groups is 1. The molecule has 0 spiro atoms. The molecule has 2 aromatic rings. The van der Waals surface area contributed by atoms with Gasteiger partial charge in [-0.1, -0.05) is 0 Å². The number of benzene rings is 1. The van der Waals surface area contributed by atoms with Crippen LogP contribution in [0, 0.1) is 5.82 Å². The zero-order valence-corrected chi connectivity index (χ0v) is 9.80. The molecule has 0 aliphatic rings. The summed E-state index contributed by atoms with van der Waals surface area (Å²) in [5.41, 5.74) is 0.682. The van der Waals surface area contributed by atoms with E-state index < -0.39 is 5.97 Å². The monoisotopic (exact) mass is 262 g/mol. The van der Waals surface area contributed by atoms with Crippen LogP contribution in [0.4, 0.5) is 21.7 Å². The zero-order valence-electron chi connectivity index (χ0n) is 9.80. The van der Waals surface area contributed by atoms with Crippen LogP contribution in [0.1, 0.15) is 0 Å². The quantitative estimate of drug-likeness (QED) is 0.762. The van der Waals surface area contributed by atoms with Gasteiger partial charge in [0.15, 0.2) is 0 Å². The normalized spacial score (nSPS) is 9.95. The Bertz CT molecular complexity index is 557. The van der Waals surface area contributed by atoms with E-state index in [2.05, 4.69) is 20.6 Å². The van der Waals surface area contributed by atoms with E-state index in [9.17, 15) is 9.18 Å². The van der Waals surface area contributed by atoms with Gasteiger partial charge in [-0.15, -0.1) is 0 Å². The summed E-state index contributed by atoms with van der Waals surface area (Å²) in [4.78, 5) is 18.4. The Hall–Kier alpha value is -2.70. The fourth-order valence-electron chi connectivity index (χ4n) is 1.33. The third-order valence-corrected chi connectivity index (χ3v) is 2.19. The van der Waals surface area contributed by atoms with Gasteiger partial charge < -0.3 is 15.7 Å². The number of nitrogens with one attached hydrogen (secondary N) is 2. The van der Waals surface area contributed by atoms with Crippen LogP contribution in [-0.2, 0) is 4.79 Å². The summed E-state index contributed by atoms with van der Waals surface area (Å²) >= 11 is 0. The van der Waals surface area contributed by atoms with Crippen LogP contribution in [-0.4, -0.2) is 27.6 Å². The highest BCUT2D eigenvalue weighted by Gasteiger charge is 2.00. The van der Waals surface area contributed by atoms with E-state index in [-0.39, 0.29) is 12.4 Å². The van der Waals surface area contributed by atoms with E-state index in [1.165, 1.54) is 24.5 Å². The minimum atomic E-state index is -0.977. The second-order valence-corrected chi connectivity index (χ2v) is 3.67. The summed E-state index contributed by atoms with van der Waals surface area (Å²) in [5.74, 6) is -0.445. The maximum atomic E-state index is 12.7. The third kappa shape index (κ3) is 3.91. The number of aromatic nitrogens is 2. The highest BCUT2D eigenvalue weighted by molar-refractivity contribution is 5.72. The van der Waals surface area contributed by atoms with Crippen molar-refractivity contribution in [2.45, 2.75) is 0 Å². The van der Waals surface area contributed by atoms with Gasteiger partial charge in [0.25, 0.3) is 0 Å². The molecule has 0 amide bonds.